The predicted molar refractivity (Wildman–Crippen MR) is 70.8 cm³/mol. The van der Waals surface area contributed by atoms with Crippen molar-refractivity contribution in [1.82, 2.24) is 15.1 Å². The smallest absolute Gasteiger partial charge is 0.0646 e. The van der Waals surface area contributed by atoms with Gasteiger partial charge in [-0.2, -0.15) is 5.10 Å². The van der Waals surface area contributed by atoms with Crippen LogP contribution in [0, 0.1) is 0 Å². The fraction of sp³-hybridized carbons (Fsp3) is 0.308. The fourth-order valence-electron chi connectivity index (χ4n) is 1.69. The van der Waals surface area contributed by atoms with Gasteiger partial charge in [0.05, 0.1) is 11.9 Å². The van der Waals surface area contributed by atoms with E-state index in [0.717, 1.165) is 30.1 Å². The van der Waals surface area contributed by atoms with E-state index < -0.39 is 0 Å². The number of hydrogen-bond donors (Lipinski definition) is 1. The minimum Gasteiger partial charge on any atom is -0.320 e. The average Bonchev–Trinajstić information content (AvgIpc) is 2.79. The van der Waals surface area contributed by atoms with Gasteiger partial charge in [0.2, 0.25) is 0 Å². The van der Waals surface area contributed by atoms with E-state index in [4.69, 9.17) is 11.6 Å². The molecule has 4 heteroatoms. The minimum atomic E-state index is 0.746. The zero-order valence-corrected chi connectivity index (χ0v) is 10.6. The lowest BCUT2D eigenvalue weighted by molar-refractivity contribution is 0.724. The molecule has 0 fully saturated rings. The third kappa shape index (κ3) is 3.32. The summed E-state index contributed by atoms with van der Waals surface area (Å²) in [4.78, 5) is 0. The quantitative estimate of drug-likeness (QED) is 0.826. The van der Waals surface area contributed by atoms with Crippen LogP contribution in [-0.4, -0.2) is 23.4 Å². The second-order valence-corrected chi connectivity index (χ2v) is 4.41. The maximum absolute atomic E-state index is 5.85. The van der Waals surface area contributed by atoms with Gasteiger partial charge in [0.25, 0.3) is 0 Å². The van der Waals surface area contributed by atoms with Crippen molar-refractivity contribution in [3.05, 3.63) is 47.2 Å². The van der Waals surface area contributed by atoms with Crippen molar-refractivity contribution in [3.8, 4) is 5.69 Å². The van der Waals surface area contributed by atoms with E-state index in [-0.39, 0.29) is 0 Å². The number of nitrogens with zero attached hydrogens (tertiary/aromatic N) is 2. The van der Waals surface area contributed by atoms with E-state index in [9.17, 15) is 0 Å². The third-order valence-electron chi connectivity index (χ3n) is 2.62. The highest BCUT2D eigenvalue weighted by molar-refractivity contribution is 6.30. The topological polar surface area (TPSA) is 29.9 Å². The molecule has 0 saturated carbocycles. The highest BCUT2D eigenvalue weighted by Gasteiger charge is 2.00. The summed E-state index contributed by atoms with van der Waals surface area (Å²) in [5, 5.41) is 8.23. The zero-order valence-electron chi connectivity index (χ0n) is 9.86. The number of halogens is 1. The summed E-state index contributed by atoms with van der Waals surface area (Å²) in [6.45, 7) is 1.03. The molecular weight excluding hydrogens is 234 g/mol. The van der Waals surface area contributed by atoms with E-state index in [1.165, 1.54) is 5.56 Å². The molecule has 1 aromatic heterocycles. The van der Waals surface area contributed by atoms with Gasteiger partial charge in [-0.3, -0.25) is 0 Å². The Morgan fingerprint density at radius 3 is 2.76 bits per heavy atom. The summed E-state index contributed by atoms with van der Waals surface area (Å²) in [6.07, 6.45) is 6.17. The van der Waals surface area contributed by atoms with Crippen LogP contribution in [0.4, 0.5) is 0 Å². The maximum atomic E-state index is 5.85. The van der Waals surface area contributed by atoms with Gasteiger partial charge in [0.15, 0.2) is 0 Å². The number of aromatic nitrogens is 2. The van der Waals surface area contributed by atoms with Crippen LogP contribution in [0.25, 0.3) is 5.69 Å². The molecule has 0 unspecified atom stereocenters. The lowest BCUT2D eigenvalue weighted by Crippen LogP contribution is -2.08. The van der Waals surface area contributed by atoms with Crippen LogP contribution in [-0.2, 0) is 6.42 Å². The predicted octanol–water partition coefficient (Wildman–Crippen LogP) is 2.68. The molecule has 3 nitrogen and oxygen atoms in total. The number of nitrogens with one attached hydrogen (secondary N) is 1. The molecule has 0 aliphatic rings. The van der Waals surface area contributed by atoms with Gasteiger partial charge in [-0.05, 0) is 56.3 Å². The average molecular weight is 250 g/mol. The Kier molecular flexibility index (Phi) is 4.18. The van der Waals surface area contributed by atoms with Crippen molar-refractivity contribution < 1.29 is 0 Å². The standard InChI is InChI=1S/C13H16ClN3/c1-15-8-2-3-11-9-16-17(10-11)13-6-4-12(14)5-7-13/h4-7,9-10,15H,2-3,8H2,1H3. The largest absolute Gasteiger partial charge is 0.320 e. The molecule has 0 bridgehead atoms. The first-order valence-electron chi connectivity index (χ1n) is 5.73. The van der Waals surface area contributed by atoms with Gasteiger partial charge in [-0.15, -0.1) is 0 Å². The van der Waals surface area contributed by atoms with Crippen LogP contribution in [0.3, 0.4) is 0 Å². The molecule has 0 spiro atoms. The zero-order chi connectivity index (χ0) is 12.1. The Hall–Kier alpha value is -1.32. The Labute approximate surface area is 106 Å². The Morgan fingerprint density at radius 1 is 1.29 bits per heavy atom. The molecular formula is C13H16ClN3. The van der Waals surface area contributed by atoms with Gasteiger partial charge < -0.3 is 5.32 Å². The molecule has 0 atom stereocenters. The molecule has 0 aliphatic heterocycles. The van der Waals surface area contributed by atoms with Crippen LogP contribution in [0.5, 0.6) is 0 Å². The van der Waals surface area contributed by atoms with Crippen molar-refractivity contribution >= 4 is 11.6 Å². The normalized spacial score (nSPS) is 10.7. The summed E-state index contributed by atoms with van der Waals surface area (Å²) in [7, 11) is 1.97. The van der Waals surface area contributed by atoms with Gasteiger partial charge in [-0.25, -0.2) is 4.68 Å². The van der Waals surface area contributed by atoms with E-state index >= 15 is 0 Å². The van der Waals surface area contributed by atoms with E-state index in [1.54, 1.807) is 0 Å². The van der Waals surface area contributed by atoms with Gasteiger partial charge in [0.1, 0.15) is 0 Å². The summed E-state index contributed by atoms with van der Waals surface area (Å²) in [5.41, 5.74) is 2.30. The molecule has 1 heterocycles. The number of hydrogen-bond acceptors (Lipinski definition) is 2. The van der Waals surface area contributed by atoms with Crippen molar-refractivity contribution in [1.29, 1.82) is 0 Å². The van der Waals surface area contributed by atoms with Gasteiger partial charge in [-0.1, -0.05) is 11.6 Å². The number of aryl methyl sites for hydroxylation is 1. The fourth-order valence-corrected chi connectivity index (χ4v) is 1.82. The minimum absolute atomic E-state index is 0.746. The van der Waals surface area contributed by atoms with Crippen LogP contribution < -0.4 is 5.32 Å². The van der Waals surface area contributed by atoms with Crippen LogP contribution in [0.1, 0.15) is 12.0 Å². The number of rotatable bonds is 5. The van der Waals surface area contributed by atoms with Crippen LogP contribution in [0.2, 0.25) is 5.02 Å². The Bertz CT molecular complexity index is 462. The summed E-state index contributed by atoms with van der Waals surface area (Å²) in [5.74, 6) is 0. The first kappa shape index (κ1) is 12.1. The van der Waals surface area contributed by atoms with Gasteiger partial charge in [0, 0.05) is 11.2 Å². The van der Waals surface area contributed by atoms with E-state index in [2.05, 4.69) is 16.6 Å². The molecule has 0 radical (unpaired) electrons. The molecule has 2 aromatic rings. The molecule has 0 saturated heterocycles. The molecule has 0 amide bonds. The number of benzene rings is 1. The second kappa shape index (κ2) is 5.84. The summed E-state index contributed by atoms with van der Waals surface area (Å²) < 4.78 is 1.88. The first-order chi connectivity index (χ1) is 8.29. The summed E-state index contributed by atoms with van der Waals surface area (Å²) in [6, 6.07) is 7.68. The van der Waals surface area contributed by atoms with Gasteiger partial charge >= 0.3 is 0 Å². The third-order valence-corrected chi connectivity index (χ3v) is 2.87. The van der Waals surface area contributed by atoms with Crippen LogP contribution in [0.15, 0.2) is 36.7 Å². The molecule has 17 heavy (non-hydrogen) atoms. The van der Waals surface area contributed by atoms with E-state index in [1.807, 2.05) is 42.2 Å². The molecule has 2 rings (SSSR count). The summed E-state index contributed by atoms with van der Waals surface area (Å²) >= 11 is 5.85. The Balaban J connectivity index is 2.04. The van der Waals surface area contributed by atoms with Crippen molar-refractivity contribution in [2.24, 2.45) is 0 Å². The SMILES string of the molecule is CNCCCc1cnn(-c2ccc(Cl)cc2)c1. The second-order valence-electron chi connectivity index (χ2n) is 3.98. The highest BCUT2D eigenvalue weighted by atomic mass is 35.5. The van der Waals surface area contributed by atoms with Crippen molar-refractivity contribution in [2.75, 3.05) is 13.6 Å². The monoisotopic (exact) mass is 249 g/mol. The molecule has 1 aromatic carbocycles. The lowest BCUT2D eigenvalue weighted by Gasteiger charge is -2.00. The molecule has 90 valence electrons. The maximum Gasteiger partial charge on any atom is 0.0646 e. The highest BCUT2D eigenvalue weighted by Crippen LogP contribution is 2.13. The van der Waals surface area contributed by atoms with E-state index in [0.29, 0.717) is 0 Å². The van der Waals surface area contributed by atoms with Crippen molar-refractivity contribution in [2.45, 2.75) is 12.8 Å². The van der Waals surface area contributed by atoms with Crippen molar-refractivity contribution in [3.63, 3.8) is 0 Å². The molecule has 1 N–H and O–H groups in total. The lowest BCUT2D eigenvalue weighted by atomic mass is 10.2. The molecule has 0 aliphatic carbocycles. The Morgan fingerprint density at radius 2 is 2.06 bits per heavy atom. The first-order valence-corrected chi connectivity index (χ1v) is 6.11. The van der Waals surface area contributed by atoms with Crippen LogP contribution >= 0.6 is 11.6 Å².